The summed E-state index contributed by atoms with van der Waals surface area (Å²) in [4.78, 5) is 1.06. The average molecular weight is 297 g/mol. The molecule has 0 unspecified atom stereocenters. The van der Waals surface area contributed by atoms with Crippen LogP contribution >= 0.6 is 11.3 Å². The van der Waals surface area contributed by atoms with Gasteiger partial charge in [-0.2, -0.15) is 5.10 Å². The van der Waals surface area contributed by atoms with Crippen LogP contribution in [0.25, 0.3) is 21.5 Å². The van der Waals surface area contributed by atoms with Gasteiger partial charge in [0.1, 0.15) is 23.6 Å². The average Bonchev–Trinajstić information content (AvgIpc) is 3.23. The third kappa shape index (κ3) is 2.30. The summed E-state index contributed by atoms with van der Waals surface area (Å²) in [7, 11) is 0. The van der Waals surface area contributed by atoms with Crippen LogP contribution in [0.15, 0.2) is 52.5 Å². The van der Waals surface area contributed by atoms with Gasteiger partial charge in [0.2, 0.25) is 0 Å². The minimum atomic E-state index is 0.354. The van der Waals surface area contributed by atoms with Gasteiger partial charge in [-0.05, 0) is 17.5 Å². The third-order valence-electron chi connectivity index (χ3n) is 3.14. The van der Waals surface area contributed by atoms with Gasteiger partial charge in [-0.1, -0.05) is 23.4 Å². The van der Waals surface area contributed by atoms with Gasteiger partial charge >= 0.3 is 0 Å². The Bertz CT molecular complexity index is 864. The molecule has 6 heteroatoms. The number of hydrogen-bond donors (Lipinski definition) is 1. The minimum absolute atomic E-state index is 0.354. The second-order valence-corrected chi connectivity index (χ2v) is 5.49. The molecule has 0 aliphatic heterocycles. The van der Waals surface area contributed by atoms with Gasteiger partial charge in [-0.3, -0.25) is 5.10 Å². The molecule has 0 fully saturated rings. The molecule has 0 saturated heterocycles. The molecule has 0 aliphatic carbocycles. The number of ether oxygens (including phenoxy) is 1. The fourth-order valence-corrected chi connectivity index (χ4v) is 2.80. The molecule has 104 valence electrons. The SMILES string of the molecule is c1csc(-c2cc(COc3cccc4cn[nH]c34)no2)c1. The van der Waals surface area contributed by atoms with Crippen LogP contribution in [0.2, 0.25) is 0 Å². The van der Waals surface area contributed by atoms with Gasteiger partial charge in [0, 0.05) is 11.5 Å². The van der Waals surface area contributed by atoms with E-state index in [4.69, 9.17) is 9.26 Å². The van der Waals surface area contributed by atoms with Crippen molar-refractivity contribution in [2.24, 2.45) is 0 Å². The first-order valence-corrected chi connectivity index (χ1v) is 7.32. The highest BCUT2D eigenvalue weighted by Gasteiger charge is 2.09. The lowest BCUT2D eigenvalue weighted by Crippen LogP contribution is -1.95. The first kappa shape index (κ1) is 12.2. The summed E-state index contributed by atoms with van der Waals surface area (Å²) in [5, 5.41) is 14.0. The van der Waals surface area contributed by atoms with E-state index in [1.807, 2.05) is 41.8 Å². The number of fused-ring (bicyclic) bond motifs is 1. The predicted octanol–water partition coefficient (Wildman–Crippen LogP) is 3.86. The quantitative estimate of drug-likeness (QED) is 0.621. The van der Waals surface area contributed by atoms with Gasteiger partial charge in [0.25, 0.3) is 0 Å². The number of rotatable bonds is 4. The highest BCUT2D eigenvalue weighted by molar-refractivity contribution is 7.13. The Hall–Kier alpha value is -2.60. The van der Waals surface area contributed by atoms with Crippen molar-refractivity contribution in [1.29, 1.82) is 0 Å². The first-order chi connectivity index (χ1) is 10.4. The van der Waals surface area contributed by atoms with Crippen LogP contribution in [0.1, 0.15) is 5.69 Å². The standard InChI is InChI=1S/C15H11N3O2S/c1-3-10-8-16-17-15(10)12(4-1)19-9-11-7-13(20-18-11)14-5-2-6-21-14/h1-8H,9H2,(H,16,17). The zero-order chi connectivity index (χ0) is 14.1. The maximum absolute atomic E-state index is 5.80. The molecule has 3 heterocycles. The zero-order valence-corrected chi connectivity index (χ0v) is 11.8. The Morgan fingerprint density at radius 2 is 2.24 bits per heavy atom. The summed E-state index contributed by atoms with van der Waals surface area (Å²) < 4.78 is 11.1. The lowest BCUT2D eigenvalue weighted by atomic mass is 10.2. The number of hydrogen-bond acceptors (Lipinski definition) is 5. The Labute approximate surface area is 124 Å². The molecule has 0 aliphatic rings. The molecular formula is C15H11N3O2S. The van der Waals surface area contributed by atoms with Crippen LogP contribution in [0.5, 0.6) is 5.75 Å². The second-order valence-electron chi connectivity index (χ2n) is 4.54. The molecule has 0 spiro atoms. The van der Waals surface area contributed by atoms with Gasteiger partial charge in [0.05, 0.1) is 11.1 Å². The number of aromatic nitrogens is 3. The largest absolute Gasteiger partial charge is 0.485 e. The van der Waals surface area contributed by atoms with E-state index in [1.165, 1.54) is 0 Å². The van der Waals surface area contributed by atoms with Gasteiger partial charge < -0.3 is 9.26 Å². The van der Waals surface area contributed by atoms with E-state index in [1.54, 1.807) is 17.5 Å². The molecule has 4 rings (SSSR count). The van der Waals surface area contributed by atoms with Crippen molar-refractivity contribution in [3.8, 4) is 16.4 Å². The van der Waals surface area contributed by atoms with Crippen LogP contribution in [0, 0.1) is 0 Å². The minimum Gasteiger partial charge on any atom is -0.485 e. The Balaban J connectivity index is 1.53. The van der Waals surface area contributed by atoms with E-state index in [-0.39, 0.29) is 0 Å². The maximum atomic E-state index is 5.80. The van der Waals surface area contributed by atoms with E-state index < -0.39 is 0 Å². The van der Waals surface area contributed by atoms with Crippen molar-refractivity contribution >= 4 is 22.2 Å². The van der Waals surface area contributed by atoms with Crippen LogP contribution in [0.4, 0.5) is 0 Å². The Kier molecular flexibility index (Phi) is 2.93. The van der Waals surface area contributed by atoms with E-state index in [2.05, 4.69) is 15.4 Å². The topological polar surface area (TPSA) is 63.9 Å². The van der Waals surface area contributed by atoms with Crippen LogP contribution < -0.4 is 4.74 Å². The third-order valence-corrected chi connectivity index (χ3v) is 4.02. The summed E-state index contributed by atoms with van der Waals surface area (Å²) in [6, 6.07) is 11.7. The summed E-state index contributed by atoms with van der Waals surface area (Å²) in [6.07, 6.45) is 1.77. The molecule has 1 N–H and O–H groups in total. The van der Waals surface area contributed by atoms with Gasteiger partial charge in [0.15, 0.2) is 5.76 Å². The molecule has 3 aromatic heterocycles. The van der Waals surface area contributed by atoms with Gasteiger partial charge in [-0.15, -0.1) is 11.3 Å². The normalized spacial score (nSPS) is 11.0. The highest BCUT2D eigenvalue weighted by atomic mass is 32.1. The molecular weight excluding hydrogens is 286 g/mol. The predicted molar refractivity (Wildman–Crippen MR) is 80.2 cm³/mol. The summed E-state index contributed by atoms with van der Waals surface area (Å²) >= 11 is 1.62. The van der Waals surface area contributed by atoms with Crippen molar-refractivity contribution in [2.75, 3.05) is 0 Å². The molecule has 1 aromatic carbocycles. The summed E-state index contributed by atoms with van der Waals surface area (Å²) in [6.45, 7) is 0.354. The van der Waals surface area contributed by atoms with E-state index >= 15 is 0 Å². The molecule has 0 atom stereocenters. The second kappa shape index (κ2) is 5.06. The Morgan fingerprint density at radius 3 is 3.14 bits per heavy atom. The molecule has 5 nitrogen and oxygen atoms in total. The number of aromatic amines is 1. The summed E-state index contributed by atoms with van der Waals surface area (Å²) in [5.41, 5.74) is 1.65. The monoisotopic (exact) mass is 297 g/mol. The fourth-order valence-electron chi connectivity index (χ4n) is 2.13. The smallest absolute Gasteiger partial charge is 0.177 e. The van der Waals surface area contributed by atoms with Crippen molar-refractivity contribution in [3.63, 3.8) is 0 Å². The van der Waals surface area contributed by atoms with E-state index in [0.717, 1.165) is 33.0 Å². The number of H-pyrrole nitrogens is 1. The van der Waals surface area contributed by atoms with E-state index in [0.29, 0.717) is 6.61 Å². The van der Waals surface area contributed by atoms with E-state index in [9.17, 15) is 0 Å². The van der Waals surface area contributed by atoms with Gasteiger partial charge in [-0.25, -0.2) is 0 Å². The van der Waals surface area contributed by atoms with Crippen LogP contribution in [-0.4, -0.2) is 15.4 Å². The molecule has 0 bridgehead atoms. The molecule has 4 aromatic rings. The lowest BCUT2D eigenvalue weighted by molar-refractivity contribution is 0.293. The van der Waals surface area contributed by atoms with Crippen LogP contribution in [0.3, 0.4) is 0 Å². The number of nitrogens with zero attached hydrogens (tertiary/aromatic N) is 2. The maximum Gasteiger partial charge on any atom is 0.177 e. The lowest BCUT2D eigenvalue weighted by Gasteiger charge is -2.04. The molecule has 0 amide bonds. The molecule has 21 heavy (non-hydrogen) atoms. The molecule has 0 saturated carbocycles. The highest BCUT2D eigenvalue weighted by Crippen LogP contribution is 2.27. The van der Waals surface area contributed by atoms with Crippen molar-refractivity contribution < 1.29 is 9.26 Å². The zero-order valence-electron chi connectivity index (χ0n) is 10.9. The van der Waals surface area contributed by atoms with Crippen LogP contribution in [-0.2, 0) is 6.61 Å². The number of benzene rings is 1. The Morgan fingerprint density at radius 1 is 1.24 bits per heavy atom. The first-order valence-electron chi connectivity index (χ1n) is 6.44. The molecule has 0 radical (unpaired) electrons. The summed E-state index contributed by atoms with van der Waals surface area (Å²) in [5.74, 6) is 1.52. The van der Waals surface area contributed by atoms with Crippen molar-refractivity contribution in [2.45, 2.75) is 6.61 Å². The van der Waals surface area contributed by atoms with Crippen molar-refractivity contribution in [3.05, 3.63) is 53.7 Å². The number of thiophene rings is 1. The number of para-hydroxylation sites is 1. The number of nitrogens with one attached hydrogen (secondary N) is 1. The fraction of sp³-hybridized carbons (Fsp3) is 0.0667. The van der Waals surface area contributed by atoms with Crippen molar-refractivity contribution in [1.82, 2.24) is 15.4 Å².